The molecule has 0 aliphatic rings. The van der Waals surface area contributed by atoms with Gasteiger partial charge in [-0.2, -0.15) is 21.6 Å². The van der Waals surface area contributed by atoms with Crippen molar-refractivity contribution in [2.24, 2.45) is 0 Å². The van der Waals surface area contributed by atoms with Crippen LogP contribution in [-0.2, 0) is 16.5 Å². The molecule has 0 aliphatic heterocycles. The molecule has 2 rings (SSSR count). The largest absolute Gasteiger partial charge is 0.534 e. The SMILES string of the molecule is CCc1cc2cc(C)cc(OS(=O)(=O)C(F)(F)F)c2cc1F. The molecule has 0 bridgehead atoms. The highest BCUT2D eigenvalue weighted by atomic mass is 32.2. The lowest BCUT2D eigenvalue weighted by molar-refractivity contribution is -0.0499. The summed E-state index contributed by atoms with van der Waals surface area (Å²) in [4.78, 5) is 0. The Hall–Kier alpha value is -1.83. The maximum Gasteiger partial charge on any atom is 0.534 e. The van der Waals surface area contributed by atoms with Gasteiger partial charge in [-0.3, -0.25) is 0 Å². The highest BCUT2D eigenvalue weighted by Gasteiger charge is 2.48. The summed E-state index contributed by atoms with van der Waals surface area (Å²) >= 11 is 0. The average molecular weight is 336 g/mol. The number of hydrogen-bond acceptors (Lipinski definition) is 3. The molecule has 0 amide bonds. The molecule has 0 saturated heterocycles. The molecule has 0 N–H and O–H groups in total. The molecule has 22 heavy (non-hydrogen) atoms. The van der Waals surface area contributed by atoms with Crippen molar-refractivity contribution in [2.75, 3.05) is 0 Å². The molecule has 0 spiro atoms. The van der Waals surface area contributed by atoms with Crippen LogP contribution < -0.4 is 4.18 Å². The van der Waals surface area contributed by atoms with Gasteiger partial charge >= 0.3 is 15.6 Å². The second-order valence-electron chi connectivity index (χ2n) is 4.76. The van der Waals surface area contributed by atoms with Gasteiger partial charge in [-0.1, -0.05) is 13.0 Å². The Kier molecular flexibility index (Phi) is 4.08. The zero-order chi connectivity index (χ0) is 16.7. The van der Waals surface area contributed by atoms with Gasteiger partial charge in [0.05, 0.1) is 0 Å². The van der Waals surface area contributed by atoms with Crippen LogP contribution in [0.5, 0.6) is 5.75 Å². The van der Waals surface area contributed by atoms with Gasteiger partial charge in [0.1, 0.15) is 5.82 Å². The Morgan fingerprint density at radius 3 is 2.32 bits per heavy atom. The summed E-state index contributed by atoms with van der Waals surface area (Å²) < 4.78 is 77.6. The molecule has 0 heterocycles. The average Bonchev–Trinajstić information content (AvgIpc) is 2.37. The van der Waals surface area contributed by atoms with Gasteiger partial charge in [-0.25, -0.2) is 4.39 Å². The van der Waals surface area contributed by atoms with Gasteiger partial charge in [-0.15, -0.1) is 0 Å². The maximum absolute atomic E-state index is 13.8. The van der Waals surface area contributed by atoms with Crippen molar-refractivity contribution in [1.82, 2.24) is 0 Å². The Labute approximate surface area is 124 Å². The fourth-order valence-corrected chi connectivity index (χ4v) is 2.52. The molecule has 0 radical (unpaired) electrons. The highest BCUT2D eigenvalue weighted by molar-refractivity contribution is 7.88. The van der Waals surface area contributed by atoms with E-state index >= 15 is 0 Å². The number of rotatable bonds is 3. The molecule has 0 aromatic heterocycles. The zero-order valence-corrected chi connectivity index (χ0v) is 12.5. The van der Waals surface area contributed by atoms with Crippen molar-refractivity contribution in [3.05, 3.63) is 41.2 Å². The Balaban J connectivity index is 2.67. The van der Waals surface area contributed by atoms with Crippen LogP contribution in [-0.4, -0.2) is 13.9 Å². The van der Waals surface area contributed by atoms with Crippen LogP contribution in [0.1, 0.15) is 18.1 Å². The van der Waals surface area contributed by atoms with E-state index in [-0.39, 0.29) is 5.39 Å². The summed E-state index contributed by atoms with van der Waals surface area (Å²) in [5.74, 6) is -1.18. The lowest BCUT2D eigenvalue weighted by Gasteiger charge is -2.13. The summed E-state index contributed by atoms with van der Waals surface area (Å²) in [7, 11) is -5.81. The first kappa shape index (κ1) is 16.5. The fourth-order valence-electron chi connectivity index (χ4n) is 2.05. The molecule has 2 aromatic carbocycles. The number of alkyl halides is 3. The molecule has 0 saturated carbocycles. The Bertz CT molecular complexity index is 826. The molecular formula is C14H12F4O3S. The minimum atomic E-state index is -5.81. The third-order valence-corrected chi connectivity index (χ3v) is 4.06. The van der Waals surface area contributed by atoms with E-state index in [2.05, 4.69) is 4.18 Å². The lowest BCUT2D eigenvalue weighted by Crippen LogP contribution is -2.28. The first-order chi connectivity index (χ1) is 10.0. The molecule has 0 atom stereocenters. The second kappa shape index (κ2) is 5.42. The minimum absolute atomic E-state index is 0.0341. The van der Waals surface area contributed by atoms with Crippen molar-refractivity contribution in [3.8, 4) is 5.75 Å². The van der Waals surface area contributed by atoms with Crippen molar-refractivity contribution in [2.45, 2.75) is 25.8 Å². The number of hydrogen-bond donors (Lipinski definition) is 0. The standard InChI is InChI=1S/C14H12F4O3S/c1-3-9-6-10-4-8(2)5-13(11(10)7-12(9)15)21-22(19,20)14(16,17)18/h4-7H,3H2,1-2H3. The van der Waals surface area contributed by atoms with Crippen LogP contribution >= 0.6 is 0 Å². The normalized spacial score (nSPS) is 12.6. The van der Waals surface area contributed by atoms with E-state index in [4.69, 9.17) is 0 Å². The van der Waals surface area contributed by atoms with Gasteiger partial charge in [0.2, 0.25) is 0 Å². The summed E-state index contributed by atoms with van der Waals surface area (Å²) in [6.07, 6.45) is 0.396. The third kappa shape index (κ3) is 3.01. The molecule has 120 valence electrons. The fraction of sp³-hybridized carbons (Fsp3) is 0.286. The van der Waals surface area contributed by atoms with Gasteiger partial charge in [0.25, 0.3) is 0 Å². The Morgan fingerprint density at radius 2 is 1.77 bits per heavy atom. The van der Waals surface area contributed by atoms with Gasteiger partial charge in [0.15, 0.2) is 5.75 Å². The topological polar surface area (TPSA) is 43.4 Å². The quantitative estimate of drug-likeness (QED) is 0.482. The molecule has 2 aromatic rings. The highest BCUT2D eigenvalue weighted by Crippen LogP contribution is 2.34. The molecule has 0 unspecified atom stereocenters. The van der Waals surface area contributed by atoms with E-state index in [0.29, 0.717) is 22.9 Å². The summed E-state index contributed by atoms with van der Waals surface area (Å²) in [5.41, 5.74) is -4.68. The third-order valence-electron chi connectivity index (χ3n) is 3.09. The Morgan fingerprint density at radius 1 is 1.14 bits per heavy atom. The van der Waals surface area contributed by atoms with Crippen LogP contribution in [0.25, 0.3) is 10.8 Å². The van der Waals surface area contributed by atoms with E-state index < -0.39 is 27.2 Å². The first-order valence-corrected chi connectivity index (χ1v) is 7.69. The number of fused-ring (bicyclic) bond motifs is 1. The van der Waals surface area contributed by atoms with Crippen LogP contribution in [0.2, 0.25) is 0 Å². The molecular weight excluding hydrogens is 324 g/mol. The van der Waals surface area contributed by atoms with Crippen LogP contribution in [0, 0.1) is 12.7 Å². The molecule has 3 nitrogen and oxygen atoms in total. The van der Waals surface area contributed by atoms with Crippen molar-refractivity contribution in [3.63, 3.8) is 0 Å². The predicted octanol–water partition coefficient (Wildman–Crippen LogP) is 4.08. The smallest absolute Gasteiger partial charge is 0.375 e. The number of halogens is 4. The van der Waals surface area contributed by atoms with Crippen molar-refractivity contribution < 1.29 is 30.2 Å². The minimum Gasteiger partial charge on any atom is -0.375 e. The van der Waals surface area contributed by atoms with E-state index in [9.17, 15) is 26.0 Å². The first-order valence-electron chi connectivity index (χ1n) is 6.28. The lowest BCUT2D eigenvalue weighted by atomic mass is 10.0. The molecule has 0 aliphatic carbocycles. The number of benzene rings is 2. The zero-order valence-electron chi connectivity index (χ0n) is 11.7. The number of aryl methyl sites for hydroxylation is 2. The summed E-state index contributed by atoms with van der Waals surface area (Å²) in [6, 6.07) is 5.18. The van der Waals surface area contributed by atoms with Crippen molar-refractivity contribution in [1.29, 1.82) is 0 Å². The van der Waals surface area contributed by atoms with Crippen LogP contribution in [0.3, 0.4) is 0 Å². The van der Waals surface area contributed by atoms with Gasteiger partial charge in [-0.05, 0) is 48.1 Å². The van der Waals surface area contributed by atoms with E-state index in [1.807, 2.05) is 0 Å². The molecule has 8 heteroatoms. The molecule has 0 fully saturated rings. The maximum atomic E-state index is 13.8. The van der Waals surface area contributed by atoms with E-state index in [1.165, 1.54) is 6.07 Å². The van der Waals surface area contributed by atoms with Crippen LogP contribution in [0.15, 0.2) is 24.3 Å². The van der Waals surface area contributed by atoms with Gasteiger partial charge in [0, 0.05) is 5.39 Å². The summed E-state index contributed by atoms with van der Waals surface area (Å²) in [5, 5.41) is 0.374. The van der Waals surface area contributed by atoms with E-state index in [0.717, 1.165) is 12.1 Å². The monoisotopic (exact) mass is 336 g/mol. The van der Waals surface area contributed by atoms with Crippen molar-refractivity contribution >= 4 is 20.9 Å². The van der Waals surface area contributed by atoms with E-state index in [1.54, 1.807) is 19.9 Å². The van der Waals surface area contributed by atoms with Crippen LogP contribution in [0.4, 0.5) is 17.6 Å². The second-order valence-corrected chi connectivity index (χ2v) is 6.30. The summed E-state index contributed by atoms with van der Waals surface area (Å²) in [6.45, 7) is 3.30. The predicted molar refractivity (Wildman–Crippen MR) is 73.6 cm³/mol. The van der Waals surface area contributed by atoms with Gasteiger partial charge < -0.3 is 4.18 Å².